The van der Waals surface area contributed by atoms with Gasteiger partial charge in [0.15, 0.2) is 0 Å². The molecule has 0 heterocycles. The van der Waals surface area contributed by atoms with Gasteiger partial charge in [0.2, 0.25) is 0 Å². The minimum absolute atomic E-state index is 0.0672. The first-order valence-corrected chi connectivity index (χ1v) is 5.02. The third-order valence-electron chi connectivity index (χ3n) is 2.86. The summed E-state index contributed by atoms with van der Waals surface area (Å²) in [5.41, 5.74) is -1.02. The van der Waals surface area contributed by atoms with Gasteiger partial charge in [-0.25, -0.2) is 4.39 Å². The summed E-state index contributed by atoms with van der Waals surface area (Å²) in [6.45, 7) is 0. The largest absolute Gasteiger partial charge is 0.707 e. The molecule has 3 N–H and O–H groups in total. The molecule has 0 saturated heterocycles. The Balaban J connectivity index is 2.30. The quantitative estimate of drug-likeness (QED) is 0.658. The summed E-state index contributed by atoms with van der Waals surface area (Å²) in [7, 11) is -2.03. The molecule has 0 aliphatic heterocycles. The van der Waals surface area contributed by atoms with E-state index in [-0.39, 0.29) is 11.3 Å². The van der Waals surface area contributed by atoms with Crippen LogP contribution in [0.1, 0.15) is 18.4 Å². The Labute approximate surface area is 96.6 Å². The van der Waals surface area contributed by atoms with Gasteiger partial charge in [0.1, 0.15) is 11.6 Å². The molecule has 1 fully saturated rings. The molecular formula is C10H10BFO5. The van der Waals surface area contributed by atoms with E-state index < -0.39 is 24.5 Å². The Morgan fingerprint density at radius 3 is 2.47 bits per heavy atom. The zero-order valence-corrected chi connectivity index (χ0v) is 8.76. The maximum atomic E-state index is 13.7. The van der Waals surface area contributed by atoms with Crippen LogP contribution in [0.5, 0.6) is 5.75 Å². The van der Waals surface area contributed by atoms with Crippen LogP contribution < -0.4 is 4.65 Å². The first kappa shape index (κ1) is 11.9. The summed E-state index contributed by atoms with van der Waals surface area (Å²) in [6, 6.07) is 3.55. The predicted molar refractivity (Wildman–Crippen MR) is 55.8 cm³/mol. The molecule has 1 saturated carbocycles. The van der Waals surface area contributed by atoms with Crippen LogP contribution in [0.3, 0.4) is 0 Å². The lowest BCUT2D eigenvalue weighted by Gasteiger charge is -2.12. The summed E-state index contributed by atoms with van der Waals surface area (Å²) in [5, 5.41) is 26.1. The van der Waals surface area contributed by atoms with Gasteiger partial charge in [-0.15, -0.1) is 0 Å². The number of hydrogen-bond acceptors (Lipinski definition) is 4. The molecule has 0 radical (unpaired) electrons. The average Bonchev–Trinajstić information content (AvgIpc) is 2.97. The molecule has 1 aromatic rings. The van der Waals surface area contributed by atoms with Crippen LogP contribution in [0.25, 0.3) is 0 Å². The molecule has 0 bridgehead atoms. The zero-order valence-electron chi connectivity index (χ0n) is 8.76. The molecular weight excluding hydrogens is 230 g/mol. The minimum Gasteiger partial charge on any atom is -0.512 e. The highest BCUT2D eigenvalue weighted by molar-refractivity contribution is 6.33. The van der Waals surface area contributed by atoms with Crippen LogP contribution in [0, 0.1) is 5.82 Å². The lowest BCUT2D eigenvalue weighted by molar-refractivity contribution is -0.140. The second-order valence-corrected chi connectivity index (χ2v) is 3.97. The highest BCUT2D eigenvalue weighted by Crippen LogP contribution is 2.49. The number of carboxylic acids is 1. The molecule has 2 rings (SSSR count). The van der Waals surface area contributed by atoms with Gasteiger partial charge in [0, 0.05) is 11.6 Å². The highest BCUT2D eigenvalue weighted by atomic mass is 19.1. The maximum Gasteiger partial charge on any atom is 0.707 e. The summed E-state index contributed by atoms with van der Waals surface area (Å²) < 4.78 is 18.2. The number of benzene rings is 1. The van der Waals surface area contributed by atoms with Crippen LogP contribution >= 0.6 is 0 Å². The topological polar surface area (TPSA) is 87.0 Å². The van der Waals surface area contributed by atoms with Gasteiger partial charge >= 0.3 is 13.3 Å². The van der Waals surface area contributed by atoms with E-state index in [1.54, 1.807) is 0 Å². The fourth-order valence-corrected chi connectivity index (χ4v) is 1.80. The summed E-state index contributed by atoms with van der Waals surface area (Å²) in [5.74, 6) is -1.84. The van der Waals surface area contributed by atoms with Crippen molar-refractivity contribution < 1.29 is 29.0 Å². The number of carboxylic acid groups (broad SMARTS) is 1. The average molecular weight is 240 g/mol. The monoisotopic (exact) mass is 240 g/mol. The fraction of sp³-hybridized carbons (Fsp3) is 0.300. The van der Waals surface area contributed by atoms with Gasteiger partial charge in [-0.3, -0.25) is 4.79 Å². The molecule has 1 aliphatic rings. The van der Waals surface area contributed by atoms with Crippen molar-refractivity contribution in [1.82, 2.24) is 0 Å². The van der Waals surface area contributed by atoms with Crippen molar-refractivity contribution >= 4 is 13.3 Å². The van der Waals surface area contributed by atoms with E-state index in [4.69, 9.17) is 15.2 Å². The van der Waals surface area contributed by atoms with Crippen LogP contribution in [0.4, 0.5) is 4.39 Å². The molecule has 90 valence electrons. The Kier molecular flexibility index (Phi) is 2.80. The van der Waals surface area contributed by atoms with E-state index in [2.05, 4.69) is 4.65 Å². The highest BCUT2D eigenvalue weighted by Gasteiger charge is 2.53. The van der Waals surface area contributed by atoms with Crippen molar-refractivity contribution in [2.24, 2.45) is 0 Å². The third kappa shape index (κ3) is 2.11. The fourth-order valence-electron chi connectivity index (χ4n) is 1.80. The first-order chi connectivity index (χ1) is 7.95. The van der Waals surface area contributed by atoms with Gasteiger partial charge in [0.25, 0.3) is 0 Å². The lowest BCUT2D eigenvalue weighted by atomic mass is 9.95. The van der Waals surface area contributed by atoms with E-state index in [0.29, 0.717) is 12.8 Å². The minimum atomic E-state index is -2.03. The first-order valence-electron chi connectivity index (χ1n) is 5.02. The molecule has 0 unspecified atom stereocenters. The number of halogens is 1. The Morgan fingerprint density at radius 1 is 1.41 bits per heavy atom. The number of aliphatic carboxylic acids is 1. The van der Waals surface area contributed by atoms with Crippen molar-refractivity contribution in [3.63, 3.8) is 0 Å². The van der Waals surface area contributed by atoms with Crippen LogP contribution in [0.15, 0.2) is 18.2 Å². The van der Waals surface area contributed by atoms with Gasteiger partial charge in [-0.2, -0.15) is 0 Å². The standard InChI is InChI=1S/C10H10BFO5/c12-8-5-6(17-11(15)16)1-2-7(8)10(3-4-10)9(13)14/h1-2,5,15-16H,3-4H2,(H,13,14). The SMILES string of the molecule is O=C(O)C1(c2ccc(OB(O)O)cc2F)CC1. The Morgan fingerprint density at radius 2 is 2.06 bits per heavy atom. The normalized spacial score (nSPS) is 16.4. The van der Waals surface area contributed by atoms with Crippen LogP contribution in [-0.4, -0.2) is 28.4 Å². The molecule has 7 heteroatoms. The molecule has 0 aromatic heterocycles. The van der Waals surface area contributed by atoms with Gasteiger partial charge in [-0.05, 0) is 18.9 Å². The number of hydrogen-bond donors (Lipinski definition) is 3. The number of carbonyl (C=O) groups is 1. The third-order valence-corrected chi connectivity index (χ3v) is 2.86. The van der Waals surface area contributed by atoms with E-state index in [9.17, 15) is 9.18 Å². The summed E-state index contributed by atoms with van der Waals surface area (Å²) in [4.78, 5) is 11.0. The molecule has 0 atom stereocenters. The van der Waals surface area contributed by atoms with Crippen molar-refractivity contribution in [3.8, 4) is 5.75 Å². The maximum absolute atomic E-state index is 13.7. The molecule has 0 amide bonds. The van der Waals surface area contributed by atoms with Crippen molar-refractivity contribution in [1.29, 1.82) is 0 Å². The van der Waals surface area contributed by atoms with E-state index in [1.807, 2.05) is 0 Å². The smallest absolute Gasteiger partial charge is 0.512 e. The molecule has 5 nitrogen and oxygen atoms in total. The zero-order chi connectivity index (χ0) is 12.6. The second kappa shape index (κ2) is 4.01. The second-order valence-electron chi connectivity index (χ2n) is 3.97. The summed E-state index contributed by atoms with van der Waals surface area (Å²) in [6.07, 6.45) is 0.810. The van der Waals surface area contributed by atoms with Crippen molar-refractivity contribution in [3.05, 3.63) is 29.6 Å². The number of rotatable bonds is 4. The van der Waals surface area contributed by atoms with E-state index in [0.717, 1.165) is 6.07 Å². The van der Waals surface area contributed by atoms with Gasteiger partial charge in [-0.1, -0.05) is 6.07 Å². The summed E-state index contributed by atoms with van der Waals surface area (Å²) >= 11 is 0. The van der Waals surface area contributed by atoms with E-state index in [1.165, 1.54) is 12.1 Å². The van der Waals surface area contributed by atoms with E-state index >= 15 is 0 Å². The molecule has 17 heavy (non-hydrogen) atoms. The van der Waals surface area contributed by atoms with Gasteiger partial charge < -0.3 is 19.8 Å². The lowest BCUT2D eigenvalue weighted by Crippen LogP contribution is -2.22. The van der Waals surface area contributed by atoms with Crippen LogP contribution in [0.2, 0.25) is 0 Å². The predicted octanol–water partition coefficient (Wildman–Crippen LogP) is 0.290. The molecule has 0 spiro atoms. The van der Waals surface area contributed by atoms with Gasteiger partial charge in [0.05, 0.1) is 5.41 Å². The Hall–Kier alpha value is -1.60. The van der Waals surface area contributed by atoms with Crippen molar-refractivity contribution in [2.75, 3.05) is 0 Å². The van der Waals surface area contributed by atoms with Crippen LogP contribution in [-0.2, 0) is 10.2 Å². The molecule has 1 aromatic carbocycles. The Bertz CT molecular complexity index is 458. The van der Waals surface area contributed by atoms with Crippen molar-refractivity contribution in [2.45, 2.75) is 18.3 Å². The molecule has 1 aliphatic carbocycles.